The van der Waals surface area contributed by atoms with Gasteiger partial charge in [-0.15, -0.1) is 0 Å². The first-order chi connectivity index (χ1) is 13.8. The Bertz CT molecular complexity index is 1030. The molecule has 142 valence electrons. The summed E-state index contributed by atoms with van der Waals surface area (Å²) < 4.78 is 5.72. The first kappa shape index (κ1) is 18.2. The molecule has 0 spiro atoms. The number of hydrogen-bond acceptors (Lipinski definition) is 4. The first-order valence-corrected chi connectivity index (χ1v) is 9.36. The van der Waals surface area contributed by atoms with E-state index in [4.69, 9.17) is 4.74 Å². The van der Waals surface area contributed by atoms with Crippen LogP contribution in [0.15, 0.2) is 79.3 Å². The molecule has 3 N–H and O–H groups in total. The lowest BCUT2D eigenvalue weighted by molar-refractivity contribution is 0.106. The summed E-state index contributed by atoms with van der Waals surface area (Å²) >= 11 is 0. The van der Waals surface area contributed by atoms with Gasteiger partial charge in [0.05, 0.1) is 0 Å². The topological polar surface area (TPSA) is 70.2 Å². The lowest BCUT2D eigenvalue weighted by Gasteiger charge is -2.15. The Morgan fingerprint density at radius 3 is 2.89 bits per heavy atom. The maximum Gasteiger partial charge on any atom is 0.121 e. The van der Waals surface area contributed by atoms with Crippen molar-refractivity contribution in [2.24, 2.45) is 0 Å². The molecule has 2 aromatic heterocycles. The van der Waals surface area contributed by atoms with Crippen LogP contribution in [0.2, 0.25) is 0 Å². The highest BCUT2D eigenvalue weighted by Gasteiger charge is 2.08. The average molecular weight is 373 g/mol. The highest BCUT2D eigenvalue weighted by atomic mass is 16.5. The Morgan fingerprint density at radius 1 is 1.07 bits per heavy atom. The quantitative estimate of drug-likeness (QED) is 0.440. The van der Waals surface area contributed by atoms with Gasteiger partial charge in [0, 0.05) is 48.8 Å². The lowest BCUT2D eigenvalue weighted by Crippen LogP contribution is -2.31. The second kappa shape index (κ2) is 8.69. The Labute approximate surface area is 164 Å². The Kier molecular flexibility index (Phi) is 5.66. The summed E-state index contributed by atoms with van der Waals surface area (Å²) in [5, 5.41) is 14.7. The van der Waals surface area contributed by atoms with Crippen LogP contribution in [-0.4, -0.2) is 34.3 Å². The van der Waals surface area contributed by atoms with Crippen molar-refractivity contribution in [3.63, 3.8) is 0 Å². The molecule has 0 aliphatic carbocycles. The van der Waals surface area contributed by atoms with E-state index in [0.717, 1.165) is 27.8 Å². The van der Waals surface area contributed by atoms with Crippen molar-refractivity contribution in [3.05, 3.63) is 84.8 Å². The van der Waals surface area contributed by atoms with Crippen LogP contribution in [0.3, 0.4) is 0 Å². The van der Waals surface area contributed by atoms with Crippen molar-refractivity contribution < 1.29 is 9.84 Å². The van der Waals surface area contributed by atoms with E-state index >= 15 is 0 Å². The van der Waals surface area contributed by atoms with E-state index in [0.29, 0.717) is 13.1 Å². The molecule has 5 nitrogen and oxygen atoms in total. The lowest BCUT2D eigenvalue weighted by atomic mass is 10.0. The number of H-pyrrole nitrogens is 1. The molecule has 1 unspecified atom stereocenters. The molecule has 0 fully saturated rings. The van der Waals surface area contributed by atoms with Gasteiger partial charge in [0.1, 0.15) is 18.5 Å². The number of hydrogen-bond donors (Lipinski definition) is 3. The van der Waals surface area contributed by atoms with Crippen LogP contribution in [-0.2, 0) is 6.54 Å². The molecule has 4 rings (SSSR count). The van der Waals surface area contributed by atoms with Crippen LogP contribution < -0.4 is 10.1 Å². The Morgan fingerprint density at radius 2 is 2.00 bits per heavy atom. The highest BCUT2D eigenvalue weighted by molar-refractivity contribution is 5.80. The summed E-state index contributed by atoms with van der Waals surface area (Å²) in [5.41, 5.74) is 4.43. The number of aliphatic hydroxyl groups excluding tert-OH is 1. The number of fused-ring (bicyclic) bond motifs is 1. The Hall–Kier alpha value is -3.15. The fourth-order valence-electron chi connectivity index (χ4n) is 3.22. The fourth-order valence-corrected chi connectivity index (χ4v) is 3.22. The third-order valence-electron chi connectivity index (χ3n) is 4.65. The molecule has 0 aliphatic heterocycles. The number of ether oxygens (including phenoxy) is 1. The number of aromatic nitrogens is 2. The zero-order valence-electron chi connectivity index (χ0n) is 15.5. The van der Waals surface area contributed by atoms with E-state index in [1.54, 1.807) is 6.20 Å². The SMILES string of the molecule is OC(CNCc1ccccc1-c1cccnc1)COc1ccc2cc[nH]c2c1. The Balaban J connectivity index is 1.29. The molecule has 28 heavy (non-hydrogen) atoms. The van der Waals surface area contributed by atoms with Crippen LogP contribution in [0.25, 0.3) is 22.0 Å². The number of rotatable bonds is 8. The number of aliphatic hydroxyl groups is 1. The van der Waals surface area contributed by atoms with Gasteiger partial charge in [-0.1, -0.05) is 30.3 Å². The highest BCUT2D eigenvalue weighted by Crippen LogP contribution is 2.22. The third kappa shape index (κ3) is 4.39. The molecular formula is C23H23N3O2. The van der Waals surface area contributed by atoms with Gasteiger partial charge in [-0.2, -0.15) is 0 Å². The molecule has 0 aliphatic rings. The van der Waals surface area contributed by atoms with Gasteiger partial charge >= 0.3 is 0 Å². The monoisotopic (exact) mass is 373 g/mol. The summed E-state index contributed by atoms with van der Waals surface area (Å²) in [5.74, 6) is 0.746. The van der Waals surface area contributed by atoms with Gasteiger partial charge in [0.2, 0.25) is 0 Å². The fraction of sp³-hybridized carbons (Fsp3) is 0.174. The molecule has 0 saturated carbocycles. The molecule has 0 radical (unpaired) electrons. The van der Waals surface area contributed by atoms with Crippen molar-refractivity contribution in [2.75, 3.05) is 13.2 Å². The van der Waals surface area contributed by atoms with Gasteiger partial charge in [-0.05, 0) is 40.8 Å². The number of aromatic amines is 1. The summed E-state index contributed by atoms with van der Waals surface area (Å²) in [4.78, 5) is 7.36. The average Bonchev–Trinajstić information content (AvgIpc) is 3.21. The molecule has 5 heteroatoms. The van der Waals surface area contributed by atoms with Gasteiger partial charge in [-0.25, -0.2) is 0 Å². The number of nitrogens with zero attached hydrogens (tertiary/aromatic N) is 1. The molecule has 2 aromatic carbocycles. The van der Waals surface area contributed by atoms with Gasteiger partial charge in [-0.3, -0.25) is 4.98 Å². The van der Waals surface area contributed by atoms with E-state index in [-0.39, 0.29) is 6.61 Å². The van der Waals surface area contributed by atoms with Crippen LogP contribution in [0.4, 0.5) is 0 Å². The van der Waals surface area contributed by atoms with E-state index in [9.17, 15) is 5.11 Å². The third-order valence-corrected chi connectivity index (χ3v) is 4.65. The summed E-state index contributed by atoms with van der Waals surface area (Å²) in [6.45, 7) is 1.35. The first-order valence-electron chi connectivity index (χ1n) is 9.36. The molecule has 0 bridgehead atoms. The number of pyridine rings is 1. The minimum absolute atomic E-state index is 0.240. The second-order valence-electron chi connectivity index (χ2n) is 6.72. The van der Waals surface area contributed by atoms with Crippen molar-refractivity contribution in [1.82, 2.24) is 15.3 Å². The molecule has 4 aromatic rings. The maximum absolute atomic E-state index is 10.2. The van der Waals surface area contributed by atoms with Crippen LogP contribution >= 0.6 is 0 Å². The van der Waals surface area contributed by atoms with E-state index < -0.39 is 6.10 Å². The standard InChI is InChI=1S/C23H23N3O2/c27-20(16-28-21-8-7-17-9-11-26-23(17)12-21)15-25-14-18-4-1-2-6-22(18)19-5-3-10-24-13-19/h1-13,20,25-27H,14-16H2. The molecule has 2 heterocycles. The van der Waals surface area contributed by atoms with E-state index in [1.807, 2.05) is 54.9 Å². The zero-order chi connectivity index (χ0) is 19.2. The second-order valence-corrected chi connectivity index (χ2v) is 6.72. The predicted molar refractivity (Wildman–Crippen MR) is 111 cm³/mol. The summed E-state index contributed by atoms with van der Waals surface area (Å²) in [7, 11) is 0. The van der Waals surface area contributed by atoms with Crippen molar-refractivity contribution in [2.45, 2.75) is 12.6 Å². The van der Waals surface area contributed by atoms with Crippen molar-refractivity contribution in [1.29, 1.82) is 0 Å². The predicted octanol–water partition coefficient (Wildman–Crippen LogP) is 3.76. The summed E-state index contributed by atoms with van der Waals surface area (Å²) in [6.07, 6.45) is 4.94. The number of nitrogens with one attached hydrogen (secondary N) is 2. The largest absolute Gasteiger partial charge is 0.491 e. The van der Waals surface area contributed by atoms with Crippen LogP contribution in [0.1, 0.15) is 5.56 Å². The van der Waals surface area contributed by atoms with Gasteiger partial charge in [0.25, 0.3) is 0 Å². The minimum Gasteiger partial charge on any atom is -0.491 e. The smallest absolute Gasteiger partial charge is 0.121 e. The zero-order valence-corrected chi connectivity index (χ0v) is 15.5. The van der Waals surface area contributed by atoms with Crippen molar-refractivity contribution >= 4 is 10.9 Å². The number of benzene rings is 2. The van der Waals surface area contributed by atoms with Gasteiger partial charge in [0.15, 0.2) is 0 Å². The summed E-state index contributed by atoms with van der Waals surface area (Å²) in [6, 6.07) is 20.1. The minimum atomic E-state index is -0.593. The molecule has 1 atom stereocenters. The van der Waals surface area contributed by atoms with Gasteiger partial charge < -0.3 is 20.1 Å². The molecule has 0 amide bonds. The molecular weight excluding hydrogens is 350 g/mol. The van der Waals surface area contributed by atoms with E-state index in [1.165, 1.54) is 5.56 Å². The van der Waals surface area contributed by atoms with Crippen molar-refractivity contribution in [3.8, 4) is 16.9 Å². The van der Waals surface area contributed by atoms with E-state index in [2.05, 4.69) is 33.5 Å². The normalized spacial score (nSPS) is 12.2. The van der Waals surface area contributed by atoms with Crippen LogP contribution in [0.5, 0.6) is 5.75 Å². The molecule has 0 saturated heterocycles. The maximum atomic E-state index is 10.2. The van der Waals surface area contributed by atoms with Crippen LogP contribution in [0, 0.1) is 0 Å².